The third kappa shape index (κ3) is 3.54. The summed E-state index contributed by atoms with van der Waals surface area (Å²) in [6, 6.07) is 3.34. The van der Waals surface area contributed by atoms with Gasteiger partial charge in [0.05, 0.1) is 11.3 Å². The Morgan fingerprint density at radius 1 is 1.26 bits per heavy atom. The van der Waals surface area contributed by atoms with Crippen molar-refractivity contribution in [3.63, 3.8) is 0 Å². The minimum absolute atomic E-state index is 0.114. The fraction of sp³-hybridized carbons (Fsp3) is 0.182. The van der Waals surface area contributed by atoms with E-state index in [1.54, 1.807) is 0 Å². The maximum atomic E-state index is 12.5. The van der Waals surface area contributed by atoms with Crippen LogP contribution in [-0.2, 0) is 11.9 Å². The highest BCUT2D eigenvalue weighted by molar-refractivity contribution is 7.98. The van der Waals surface area contributed by atoms with Crippen molar-refractivity contribution in [1.82, 2.24) is 4.98 Å². The first-order valence-electron chi connectivity index (χ1n) is 5.15. The zero-order chi connectivity index (χ0) is 14.0. The summed E-state index contributed by atoms with van der Waals surface area (Å²) in [5.41, 5.74) is 11.3. The van der Waals surface area contributed by atoms with Crippen LogP contribution in [-0.4, -0.2) is 4.98 Å². The highest BCUT2D eigenvalue weighted by atomic mass is 32.2. The zero-order valence-corrected chi connectivity index (χ0v) is 11.2. The molecule has 0 aliphatic carbocycles. The van der Waals surface area contributed by atoms with Gasteiger partial charge in [-0.3, -0.25) is 0 Å². The van der Waals surface area contributed by atoms with Crippen LogP contribution in [0.3, 0.4) is 0 Å². The second-order valence-corrected chi connectivity index (χ2v) is 5.62. The minimum Gasteiger partial charge on any atom is -0.398 e. The van der Waals surface area contributed by atoms with Crippen molar-refractivity contribution >= 4 is 33.9 Å². The van der Waals surface area contributed by atoms with Crippen LogP contribution in [0.15, 0.2) is 28.5 Å². The number of nitrogen functional groups attached to an aromatic ring is 2. The summed E-state index contributed by atoms with van der Waals surface area (Å²) in [4.78, 5) is 4.66. The minimum atomic E-state index is -4.37. The number of hydrogen-bond donors (Lipinski definition) is 2. The smallest absolute Gasteiger partial charge is 0.398 e. The standard InChI is InChI=1S/C11H10F3N3S2/c12-11(13,14)6-1-2-9(8(15)3-6)18-4-7-5-19-10(16)17-7/h1-3,5H,4,15H2,(H2,16,17). The highest BCUT2D eigenvalue weighted by Crippen LogP contribution is 2.35. The Balaban J connectivity index is 2.09. The lowest BCUT2D eigenvalue weighted by molar-refractivity contribution is -0.137. The Kier molecular flexibility index (Phi) is 3.91. The molecule has 0 amide bonds. The van der Waals surface area contributed by atoms with Crippen LogP contribution in [0.1, 0.15) is 11.3 Å². The Morgan fingerprint density at radius 3 is 2.53 bits per heavy atom. The molecule has 1 aromatic carbocycles. The highest BCUT2D eigenvalue weighted by Gasteiger charge is 2.30. The van der Waals surface area contributed by atoms with Gasteiger partial charge in [-0.05, 0) is 18.2 Å². The molecule has 3 nitrogen and oxygen atoms in total. The predicted molar refractivity (Wildman–Crippen MR) is 71.9 cm³/mol. The molecule has 0 atom stereocenters. The second kappa shape index (κ2) is 5.30. The Bertz CT molecular complexity index is 581. The number of anilines is 2. The molecular formula is C11H10F3N3S2. The van der Waals surface area contributed by atoms with Crippen molar-refractivity contribution in [3.05, 3.63) is 34.8 Å². The summed E-state index contributed by atoms with van der Waals surface area (Å²) in [6.45, 7) is 0. The van der Waals surface area contributed by atoms with E-state index >= 15 is 0 Å². The topological polar surface area (TPSA) is 64.9 Å². The number of aromatic nitrogens is 1. The molecule has 0 aliphatic heterocycles. The van der Waals surface area contributed by atoms with Crippen LogP contribution >= 0.6 is 23.1 Å². The van der Waals surface area contributed by atoms with E-state index in [-0.39, 0.29) is 5.69 Å². The van der Waals surface area contributed by atoms with E-state index in [0.29, 0.717) is 15.8 Å². The van der Waals surface area contributed by atoms with Crippen molar-refractivity contribution in [2.24, 2.45) is 0 Å². The van der Waals surface area contributed by atoms with Crippen LogP contribution in [0.4, 0.5) is 24.0 Å². The van der Waals surface area contributed by atoms with E-state index < -0.39 is 11.7 Å². The van der Waals surface area contributed by atoms with Gasteiger partial charge in [-0.1, -0.05) is 0 Å². The van der Waals surface area contributed by atoms with Gasteiger partial charge in [-0.2, -0.15) is 13.2 Å². The first kappa shape index (κ1) is 14.0. The van der Waals surface area contributed by atoms with Crippen LogP contribution in [0, 0.1) is 0 Å². The van der Waals surface area contributed by atoms with E-state index in [0.717, 1.165) is 17.8 Å². The number of hydrogen-bond acceptors (Lipinski definition) is 5. The number of nitrogens with two attached hydrogens (primary N) is 2. The quantitative estimate of drug-likeness (QED) is 0.671. The predicted octanol–water partition coefficient (Wildman–Crippen LogP) is 3.62. The molecule has 102 valence electrons. The molecule has 0 saturated heterocycles. The van der Waals surface area contributed by atoms with Gasteiger partial charge in [0.1, 0.15) is 0 Å². The molecule has 0 aliphatic rings. The molecule has 19 heavy (non-hydrogen) atoms. The van der Waals surface area contributed by atoms with Gasteiger partial charge in [0.2, 0.25) is 0 Å². The second-order valence-electron chi connectivity index (χ2n) is 3.72. The normalized spacial score (nSPS) is 11.7. The summed E-state index contributed by atoms with van der Waals surface area (Å²) in [6.07, 6.45) is -4.37. The van der Waals surface area contributed by atoms with E-state index in [1.807, 2.05) is 5.38 Å². The SMILES string of the molecule is Nc1nc(CSc2ccc(C(F)(F)F)cc2N)cs1. The molecular weight excluding hydrogens is 295 g/mol. The van der Waals surface area contributed by atoms with Gasteiger partial charge < -0.3 is 11.5 Å². The van der Waals surface area contributed by atoms with E-state index in [1.165, 1.54) is 29.2 Å². The summed E-state index contributed by atoms with van der Waals surface area (Å²) in [5.74, 6) is 0.517. The van der Waals surface area contributed by atoms with E-state index in [9.17, 15) is 13.2 Å². The molecule has 4 N–H and O–H groups in total. The van der Waals surface area contributed by atoms with Crippen LogP contribution in [0.25, 0.3) is 0 Å². The Morgan fingerprint density at radius 2 is 2.00 bits per heavy atom. The van der Waals surface area contributed by atoms with Gasteiger partial charge in [0, 0.05) is 21.7 Å². The largest absolute Gasteiger partial charge is 0.416 e. The molecule has 0 spiro atoms. The number of thioether (sulfide) groups is 1. The molecule has 2 aromatic rings. The molecule has 8 heteroatoms. The van der Waals surface area contributed by atoms with Crippen LogP contribution in [0.5, 0.6) is 0 Å². The fourth-order valence-electron chi connectivity index (χ4n) is 1.40. The van der Waals surface area contributed by atoms with Gasteiger partial charge >= 0.3 is 6.18 Å². The summed E-state index contributed by atoms with van der Waals surface area (Å²) < 4.78 is 37.4. The lowest BCUT2D eigenvalue weighted by Crippen LogP contribution is -2.05. The number of alkyl halides is 3. The van der Waals surface area contributed by atoms with Crippen molar-refractivity contribution in [1.29, 1.82) is 0 Å². The van der Waals surface area contributed by atoms with Gasteiger partial charge in [-0.25, -0.2) is 4.98 Å². The maximum Gasteiger partial charge on any atom is 0.416 e. The lowest BCUT2D eigenvalue weighted by Gasteiger charge is -2.10. The number of benzene rings is 1. The number of nitrogens with zero attached hydrogens (tertiary/aromatic N) is 1. The van der Waals surface area contributed by atoms with Crippen molar-refractivity contribution in [2.75, 3.05) is 11.5 Å². The number of thiazole rings is 1. The van der Waals surface area contributed by atoms with Gasteiger partial charge in [-0.15, -0.1) is 23.1 Å². The van der Waals surface area contributed by atoms with Gasteiger partial charge in [0.25, 0.3) is 0 Å². The third-order valence-corrected chi connectivity index (χ3v) is 4.13. The summed E-state index contributed by atoms with van der Waals surface area (Å²) in [7, 11) is 0. The van der Waals surface area contributed by atoms with Crippen molar-refractivity contribution in [3.8, 4) is 0 Å². The molecule has 1 aromatic heterocycles. The first-order chi connectivity index (χ1) is 8.86. The average Bonchev–Trinajstić information content (AvgIpc) is 2.72. The molecule has 1 heterocycles. The molecule has 0 bridgehead atoms. The van der Waals surface area contributed by atoms with Crippen LogP contribution < -0.4 is 11.5 Å². The summed E-state index contributed by atoms with van der Waals surface area (Å²) >= 11 is 2.65. The zero-order valence-electron chi connectivity index (χ0n) is 9.57. The van der Waals surface area contributed by atoms with Crippen molar-refractivity contribution < 1.29 is 13.2 Å². The lowest BCUT2D eigenvalue weighted by atomic mass is 10.2. The monoisotopic (exact) mass is 305 g/mol. The van der Waals surface area contributed by atoms with Crippen LogP contribution in [0.2, 0.25) is 0 Å². The van der Waals surface area contributed by atoms with E-state index in [2.05, 4.69) is 4.98 Å². The average molecular weight is 305 g/mol. The molecule has 2 rings (SSSR count). The first-order valence-corrected chi connectivity index (χ1v) is 7.02. The Labute approximate surface area is 115 Å². The fourth-order valence-corrected chi connectivity index (χ4v) is 2.91. The third-order valence-electron chi connectivity index (χ3n) is 2.28. The molecule has 0 radical (unpaired) electrons. The molecule has 0 fully saturated rings. The number of rotatable bonds is 3. The maximum absolute atomic E-state index is 12.5. The Hall–Kier alpha value is -1.41. The number of halogens is 3. The molecule has 0 saturated carbocycles. The van der Waals surface area contributed by atoms with Gasteiger partial charge in [0.15, 0.2) is 5.13 Å². The van der Waals surface area contributed by atoms with E-state index in [4.69, 9.17) is 11.5 Å². The van der Waals surface area contributed by atoms with Crippen molar-refractivity contribution in [2.45, 2.75) is 16.8 Å². The molecule has 0 unspecified atom stereocenters. The summed E-state index contributed by atoms with van der Waals surface area (Å²) in [5, 5.41) is 2.28.